The average Bonchev–Trinajstić information content (AvgIpc) is 2.35. The first-order valence-electron chi connectivity index (χ1n) is 5.28. The molecule has 0 aromatic carbocycles. The lowest BCUT2D eigenvalue weighted by Gasteiger charge is -2.11. The van der Waals surface area contributed by atoms with Crippen LogP contribution in [-0.2, 0) is 0 Å². The number of hydrazine groups is 1. The second-order valence-corrected chi connectivity index (χ2v) is 3.75. The summed E-state index contributed by atoms with van der Waals surface area (Å²) in [6.45, 7) is 10.5. The lowest BCUT2D eigenvalue weighted by Crippen LogP contribution is -2.09. The highest BCUT2D eigenvalue weighted by Crippen LogP contribution is 2.23. The van der Waals surface area contributed by atoms with Crippen LogP contribution in [0, 0.1) is 6.92 Å². The molecule has 3 N–H and O–H groups in total. The van der Waals surface area contributed by atoms with Gasteiger partial charge >= 0.3 is 0 Å². The van der Waals surface area contributed by atoms with Crippen LogP contribution in [0.2, 0.25) is 0 Å². The number of allylic oxidation sites excluding steroid dienone is 3. The molecule has 0 aliphatic heterocycles. The van der Waals surface area contributed by atoms with Gasteiger partial charge in [0.2, 0.25) is 5.88 Å². The Bertz CT molecular complexity index is 509. The molecule has 0 amide bonds. The molecule has 0 fully saturated rings. The first kappa shape index (κ1) is 13.9. The van der Waals surface area contributed by atoms with Crippen LogP contribution >= 0.6 is 0 Å². The number of anilines is 1. The summed E-state index contributed by atoms with van der Waals surface area (Å²) >= 11 is 0. The van der Waals surface area contributed by atoms with Gasteiger partial charge in [-0.3, -0.25) is 5.84 Å². The van der Waals surface area contributed by atoms with Crippen molar-refractivity contribution >= 4 is 5.69 Å². The number of aromatic nitrogens is 1. The molecule has 5 heteroatoms. The van der Waals surface area contributed by atoms with E-state index in [-0.39, 0.29) is 11.6 Å². The zero-order valence-corrected chi connectivity index (χ0v) is 10.5. The van der Waals surface area contributed by atoms with Crippen LogP contribution in [-0.4, -0.2) is 4.98 Å². The zero-order chi connectivity index (χ0) is 13.7. The molecule has 0 unspecified atom stereocenters. The van der Waals surface area contributed by atoms with Crippen LogP contribution in [0.4, 0.5) is 10.1 Å². The maximum absolute atomic E-state index is 13.5. The predicted octanol–water partition coefficient (Wildman–Crippen LogP) is 3.00. The zero-order valence-electron chi connectivity index (χ0n) is 10.5. The number of hydrogen-bond acceptors (Lipinski definition) is 4. The normalized spacial score (nSPS) is 11.6. The quantitative estimate of drug-likeness (QED) is 0.364. The molecule has 0 atom stereocenters. The summed E-state index contributed by atoms with van der Waals surface area (Å²) in [6.07, 6.45) is 2.57. The number of ether oxygens (including phenoxy) is 1. The topological polar surface area (TPSA) is 60.2 Å². The van der Waals surface area contributed by atoms with E-state index in [2.05, 4.69) is 23.6 Å². The van der Waals surface area contributed by atoms with Crippen LogP contribution in [0.1, 0.15) is 12.5 Å². The Balaban J connectivity index is 3.06. The molecule has 0 aliphatic rings. The van der Waals surface area contributed by atoms with Crippen molar-refractivity contribution in [2.75, 3.05) is 5.43 Å². The third-order valence-electron chi connectivity index (χ3n) is 2.23. The number of aryl methyl sites for hydroxylation is 1. The molecule has 0 saturated carbocycles. The van der Waals surface area contributed by atoms with E-state index >= 15 is 0 Å². The lowest BCUT2D eigenvalue weighted by atomic mass is 10.2. The summed E-state index contributed by atoms with van der Waals surface area (Å²) in [5.41, 5.74) is 4.46. The minimum Gasteiger partial charge on any atom is -0.436 e. The van der Waals surface area contributed by atoms with Gasteiger partial charge in [-0.25, -0.2) is 9.37 Å². The molecule has 1 aromatic heterocycles. The standard InChI is InChI=1S/C13H16FN3O/c1-5-10(14)13(8(2)3)18-12-6-9(4)11(17-15)7-16-12/h5-7,17H,1-2,15H2,3-4H3/b13-10-. The summed E-state index contributed by atoms with van der Waals surface area (Å²) in [5.74, 6) is 5.00. The second-order valence-electron chi connectivity index (χ2n) is 3.75. The summed E-state index contributed by atoms with van der Waals surface area (Å²) < 4.78 is 18.9. The number of pyridine rings is 1. The average molecular weight is 249 g/mol. The second kappa shape index (κ2) is 5.97. The third kappa shape index (κ3) is 3.18. The van der Waals surface area contributed by atoms with Crippen molar-refractivity contribution in [2.45, 2.75) is 13.8 Å². The number of nitrogens with zero attached hydrogens (tertiary/aromatic N) is 1. The number of nitrogens with two attached hydrogens (primary N) is 1. The molecule has 1 rings (SSSR count). The van der Waals surface area contributed by atoms with Crippen LogP contribution in [0.15, 0.2) is 48.7 Å². The molecule has 0 radical (unpaired) electrons. The Morgan fingerprint density at radius 3 is 2.72 bits per heavy atom. The fourth-order valence-corrected chi connectivity index (χ4v) is 1.27. The smallest absolute Gasteiger partial charge is 0.219 e. The number of halogens is 1. The van der Waals surface area contributed by atoms with E-state index in [4.69, 9.17) is 10.6 Å². The Kier molecular flexibility index (Phi) is 4.62. The minimum atomic E-state index is -0.581. The summed E-state index contributed by atoms with van der Waals surface area (Å²) in [4.78, 5) is 4.01. The van der Waals surface area contributed by atoms with Crippen LogP contribution < -0.4 is 16.0 Å². The lowest BCUT2D eigenvalue weighted by molar-refractivity contribution is 0.397. The number of rotatable bonds is 5. The van der Waals surface area contributed by atoms with Gasteiger partial charge in [-0.2, -0.15) is 0 Å². The maximum atomic E-state index is 13.5. The Hall–Kier alpha value is -2.14. The van der Waals surface area contributed by atoms with Gasteiger partial charge in [-0.15, -0.1) is 0 Å². The minimum absolute atomic E-state index is 0.0188. The molecule has 4 nitrogen and oxygen atoms in total. The van der Waals surface area contributed by atoms with Crippen molar-refractivity contribution in [3.8, 4) is 5.88 Å². The van der Waals surface area contributed by atoms with Crippen molar-refractivity contribution in [1.29, 1.82) is 0 Å². The number of nitrogens with one attached hydrogen (secondary N) is 1. The summed E-state index contributed by atoms with van der Waals surface area (Å²) in [7, 11) is 0. The monoisotopic (exact) mass is 249 g/mol. The molecule has 96 valence electrons. The van der Waals surface area contributed by atoms with Crippen molar-refractivity contribution in [2.24, 2.45) is 5.84 Å². The van der Waals surface area contributed by atoms with Gasteiger partial charge in [-0.1, -0.05) is 13.2 Å². The van der Waals surface area contributed by atoms with Gasteiger partial charge in [0.05, 0.1) is 11.9 Å². The molecule has 1 heterocycles. The van der Waals surface area contributed by atoms with Crippen molar-refractivity contribution < 1.29 is 9.13 Å². The van der Waals surface area contributed by atoms with E-state index in [1.807, 2.05) is 6.92 Å². The van der Waals surface area contributed by atoms with E-state index in [1.165, 1.54) is 6.20 Å². The summed E-state index contributed by atoms with van der Waals surface area (Å²) in [6, 6.07) is 1.65. The Labute approximate surface area is 106 Å². The van der Waals surface area contributed by atoms with Gasteiger partial charge in [0.1, 0.15) is 0 Å². The highest BCUT2D eigenvalue weighted by molar-refractivity contribution is 5.49. The van der Waals surface area contributed by atoms with E-state index in [9.17, 15) is 4.39 Å². The fraction of sp³-hybridized carbons (Fsp3) is 0.154. The molecule has 18 heavy (non-hydrogen) atoms. The van der Waals surface area contributed by atoms with Crippen molar-refractivity contribution in [1.82, 2.24) is 4.98 Å². The largest absolute Gasteiger partial charge is 0.436 e. The Morgan fingerprint density at radius 1 is 1.61 bits per heavy atom. The summed E-state index contributed by atoms with van der Waals surface area (Å²) in [5, 5.41) is 0. The first-order chi connectivity index (χ1) is 8.49. The first-order valence-corrected chi connectivity index (χ1v) is 5.28. The van der Waals surface area contributed by atoms with Crippen LogP contribution in [0.5, 0.6) is 5.88 Å². The van der Waals surface area contributed by atoms with Crippen LogP contribution in [0.3, 0.4) is 0 Å². The Morgan fingerprint density at radius 2 is 2.28 bits per heavy atom. The highest BCUT2D eigenvalue weighted by atomic mass is 19.1. The fourth-order valence-electron chi connectivity index (χ4n) is 1.27. The van der Waals surface area contributed by atoms with Gasteiger partial charge in [0.15, 0.2) is 11.6 Å². The molecular formula is C13H16FN3O. The molecule has 0 bridgehead atoms. The SMILES string of the molecule is C=C/C(F)=C(/Oc1cc(C)c(NN)cn1)C(=C)C. The molecule has 0 saturated heterocycles. The van der Waals surface area contributed by atoms with Gasteiger partial charge in [0.25, 0.3) is 0 Å². The highest BCUT2D eigenvalue weighted by Gasteiger charge is 2.10. The molecular weight excluding hydrogens is 233 g/mol. The van der Waals surface area contributed by atoms with Crippen molar-refractivity contribution in [3.05, 3.63) is 54.2 Å². The van der Waals surface area contributed by atoms with E-state index in [0.29, 0.717) is 11.3 Å². The van der Waals surface area contributed by atoms with Gasteiger partial charge < -0.3 is 10.2 Å². The predicted molar refractivity (Wildman–Crippen MR) is 70.6 cm³/mol. The van der Waals surface area contributed by atoms with E-state index < -0.39 is 5.83 Å². The van der Waals surface area contributed by atoms with E-state index in [1.54, 1.807) is 13.0 Å². The number of nitrogen functional groups attached to an aromatic ring is 1. The maximum Gasteiger partial charge on any atom is 0.219 e. The van der Waals surface area contributed by atoms with Crippen LogP contribution in [0.25, 0.3) is 0 Å². The third-order valence-corrected chi connectivity index (χ3v) is 2.23. The number of hydrogen-bond donors (Lipinski definition) is 2. The van der Waals surface area contributed by atoms with Gasteiger partial charge in [-0.05, 0) is 31.1 Å². The molecule has 0 aliphatic carbocycles. The molecule has 1 aromatic rings. The van der Waals surface area contributed by atoms with Gasteiger partial charge in [0, 0.05) is 6.07 Å². The molecule has 0 spiro atoms. The van der Waals surface area contributed by atoms with Crippen molar-refractivity contribution in [3.63, 3.8) is 0 Å². The van der Waals surface area contributed by atoms with E-state index in [0.717, 1.165) is 11.6 Å².